The van der Waals surface area contributed by atoms with E-state index in [-0.39, 0.29) is 12.0 Å². The van der Waals surface area contributed by atoms with E-state index in [4.69, 9.17) is 32.7 Å². The van der Waals surface area contributed by atoms with E-state index in [1.54, 1.807) is 42.5 Å². The van der Waals surface area contributed by atoms with E-state index < -0.39 is 0 Å². The van der Waals surface area contributed by atoms with Crippen molar-refractivity contribution in [3.8, 4) is 5.75 Å². The molecule has 0 aliphatic carbocycles. The van der Waals surface area contributed by atoms with Gasteiger partial charge in [-0.2, -0.15) is 0 Å². The molecule has 1 amide bonds. The highest BCUT2D eigenvalue weighted by Gasteiger charge is 2.16. The Bertz CT molecular complexity index is 692. The predicted molar refractivity (Wildman–Crippen MR) is 95.3 cm³/mol. The Labute approximate surface area is 150 Å². The van der Waals surface area contributed by atoms with Crippen molar-refractivity contribution in [1.82, 2.24) is 0 Å². The van der Waals surface area contributed by atoms with Crippen LogP contribution in [-0.4, -0.2) is 25.2 Å². The Morgan fingerprint density at radius 1 is 1.17 bits per heavy atom. The number of hydrogen-bond acceptors (Lipinski definition) is 3. The smallest absolute Gasteiger partial charge is 0.255 e. The lowest BCUT2D eigenvalue weighted by molar-refractivity contribution is 0.0679. The third kappa shape index (κ3) is 4.63. The summed E-state index contributed by atoms with van der Waals surface area (Å²) in [6.45, 7) is 1.34. The Morgan fingerprint density at radius 3 is 2.50 bits per heavy atom. The number of anilines is 1. The van der Waals surface area contributed by atoms with E-state index in [0.717, 1.165) is 19.4 Å². The molecule has 24 heavy (non-hydrogen) atoms. The van der Waals surface area contributed by atoms with Gasteiger partial charge in [0.1, 0.15) is 12.4 Å². The lowest BCUT2D eigenvalue weighted by Gasteiger charge is -2.12. The normalized spacial score (nSPS) is 16.8. The van der Waals surface area contributed by atoms with Crippen LogP contribution in [0, 0.1) is 0 Å². The number of halogens is 2. The van der Waals surface area contributed by atoms with Crippen LogP contribution in [0.1, 0.15) is 23.2 Å². The second kappa shape index (κ2) is 7.88. The first-order valence-corrected chi connectivity index (χ1v) is 8.48. The van der Waals surface area contributed by atoms with Gasteiger partial charge in [-0.1, -0.05) is 23.2 Å². The van der Waals surface area contributed by atoms with Crippen LogP contribution in [0.2, 0.25) is 10.0 Å². The summed E-state index contributed by atoms with van der Waals surface area (Å²) >= 11 is 11.9. The highest BCUT2D eigenvalue weighted by molar-refractivity contribution is 6.35. The van der Waals surface area contributed by atoms with Crippen LogP contribution in [0.25, 0.3) is 0 Å². The molecule has 4 nitrogen and oxygen atoms in total. The number of carbonyl (C=O) groups excluding carboxylic acids is 1. The first-order chi connectivity index (χ1) is 11.6. The quantitative estimate of drug-likeness (QED) is 0.827. The lowest BCUT2D eigenvalue weighted by Crippen LogP contribution is -2.16. The van der Waals surface area contributed by atoms with Gasteiger partial charge < -0.3 is 14.8 Å². The molecule has 1 saturated heterocycles. The summed E-state index contributed by atoms with van der Waals surface area (Å²) in [5.41, 5.74) is 1.08. The maximum Gasteiger partial charge on any atom is 0.255 e. The first kappa shape index (κ1) is 17.1. The van der Waals surface area contributed by atoms with Gasteiger partial charge in [-0.05, 0) is 55.3 Å². The van der Waals surface area contributed by atoms with Crippen molar-refractivity contribution in [3.05, 3.63) is 58.1 Å². The largest absolute Gasteiger partial charge is 0.491 e. The molecule has 1 unspecified atom stereocenters. The van der Waals surface area contributed by atoms with Gasteiger partial charge in [0.05, 0.1) is 6.10 Å². The third-order valence-electron chi connectivity index (χ3n) is 3.70. The van der Waals surface area contributed by atoms with E-state index in [0.29, 0.717) is 33.7 Å². The van der Waals surface area contributed by atoms with E-state index in [1.807, 2.05) is 0 Å². The molecule has 0 bridgehead atoms. The maximum atomic E-state index is 12.3. The summed E-state index contributed by atoms with van der Waals surface area (Å²) < 4.78 is 11.2. The van der Waals surface area contributed by atoms with Crippen molar-refractivity contribution >= 4 is 34.8 Å². The summed E-state index contributed by atoms with van der Waals surface area (Å²) in [6, 6.07) is 11.9. The minimum atomic E-state index is -0.237. The molecule has 3 rings (SSSR count). The number of ether oxygens (including phenoxy) is 2. The molecule has 1 aliphatic rings. The van der Waals surface area contributed by atoms with Gasteiger partial charge in [0.25, 0.3) is 5.91 Å². The fraction of sp³-hybridized carbons (Fsp3) is 0.278. The number of benzene rings is 2. The van der Waals surface area contributed by atoms with Crippen LogP contribution >= 0.6 is 23.2 Å². The SMILES string of the molecule is O=C(Nc1cc(Cl)cc(Cl)c1)c1ccc(OCC2CCCO2)cc1. The van der Waals surface area contributed by atoms with Crippen LogP contribution in [0.4, 0.5) is 5.69 Å². The first-order valence-electron chi connectivity index (χ1n) is 7.72. The minimum absolute atomic E-state index is 0.167. The van der Waals surface area contributed by atoms with Crippen LogP contribution in [0.5, 0.6) is 5.75 Å². The predicted octanol–water partition coefficient (Wildman–Crippen LogP) is 4.80. The van der Waals surface area contributed by atoms with E-state index in [1.165, 1.54) is 0 Å². The Hall–Kier alpha value is -1.75. The molecule has 2 aromatic rings. The Balaban J connectivity index is 1.58. The van der Waals surface area contributed by atoms with Gasteiger partial charge in [-0.15, -0.1) is 0 Å². The van der Waals surface area contributed by atoms with E-state index in [2.05, 4.69) is 5.32 Å². The average molecular weight is 366 g/mol. The fourth-order valence-electron chi connectivity index (χ4n) is 2.50. The molecule has 0 radical (unpaired) electrons. The number of nitrogens with one attached hydrogen (secondary N) is 1. The zero-order valence-corrected chi connectivity index (χ0v) is 14.4. The molecule has 1 heterocycles. The van der Waals surface area contributed by atoms with Gasteiger partial charge in [0.2, 0.25) is 0 Å². The number of rotatable bonds is 5. The Kier molecular flexibility index (Phi) is 5.61. The van der Waals surface area contributed by atoms with Crippen molar-refractivity contribution in [2.24, 2.45) is 0 Å². The minimum Gasteiger partial charge on any atom is -0.491 e. The molecular formula is C18H17Cl2NO3. The van der Waals surface area contributed by atoms with Gasteiger partial charge in [-0.3, -0.25) is 4.79 Å². The molecule has 126 valence electrons. The topological polar surface area (TPSA) is 47.6 Å². The zero-order chi connectivity index (χ0) is 16.9. The molecule has 2 aromatic carbocycles. The molecule has 1 aliphatic heterocycles. The highest BCUT2D eigenvalue weighted by Crippen LogP contribution is 2.23. The van der Waals surface area contributed by atoms with Crippen molar-refractivity contribution in [1.29, 1.82) is 0 Å². The number of hydrogen-bond donors (Lipinski definition) is 1. The standard InChI is InChI=1S/C18H17Cl2NO3/c19-13-8-14(20)10-15(9-13)21-18(22)12-3-5-16(6-4-12)24-11-17-2-1-7-23-17/h3-6,8-10,17H,1-2,7,11H2,(H,21,22). The average Bonchev–Trinajstić information content (AvgIpc) is 3.06. The molecular weight excluding hydrogens is 349 g/mol. The molecule has 0 aromatic heterocycles. The van der Waals surface area contributed by atoms with Gasteiger partial charge >= 0.3 is 0 Å². The Morgan fingerprint density at radius 2 is 1.88 bits per heavy atom. The van der Waals surface area contributed by atoms with Crippen molar-refractivity contribution in [3.63, 3.8) is 0 Å². The highest BCUT2D eigenvalue weighted by atomic mass is 35.5. The monoisotopic (exact) mass is 365 g/mol. The fourth-order valence-corrected chi connectivity index (χ4v) is 3.02. The second-order valence-corrected chi connectivity index (χ2v) is 6.46. The summed E-state index contributed by atoms with van der Waals surface area (Å²) in [7, 11) is 0. The van der Waals surface area contributed by atoms with Crippen LogP contribution in [-0.2, 0) is 4.74 Å². The lowest BCUT2D eigenvalue weighted by atomic mass is 10.2. The molecule has 1 fully saturated rings. The molecule has 0 spiro atoms. The van der Waals surface area contributed by atoms with Crippen LogP contribution < -0.4 is 10.1 Å². The summed E-state index contributed by atoms with van der Waals surface area (Å²) in [4.78, 5) is 12.3. The number of carbonyl (C=O) groups is 1. The molecule has 1 N–H and O–H groups in total. The molecule has 0 saturated carbocycles. The zero-order valence-electron chi connectivity index (χ0n) is 12.9. The summed E-state index contributed by atoms with van der Waals surface area (Å²) in [5.74, 6) is 0.479. The summed E-state index contributed by atoms with van der Waals surface area (Å²) in [5, 5.41) is 3.70. The third-order valence-corrected chi connectivity index (χ3v) is 4.13. The van der Waals surface area contributed by atoms with Crippen LogP contribution in [0.3, 0.4) is 0 Å². The van der Waals surface area contributed by atoms with Gasteiger partial charge in [0.15, 0.2) is 0 Å². The van der Waals surface area contributed by atoms with Crippen molar-refractivity contribution < 1.29 is 14.3 Å². The van der Waals surface area contributed by atoms with Gasteiger partial charge in [0, 0.05) is 27.9 Å². The van der Waals surface area contributed by atoms with E-state index >= 15 is 0 Å². The van der Waals surface area contributed by atoms with Crippen molar-refractivity contribution in [2.75, 3.05) is 18.5 Å². The molecule has 6 heteroatoms. The maximum absolute atomic E-state index is 12.3. The van der Waals surface area contributed by atoms with E-state index in [9.17, 15) is 4.79 Å². The van der Waals surface area contributed by atoms with Crippen molar-refractivity contribution in [2.45, 2.75) is 18.9 Å². The van der Waals surface area contributed by atoms with Gasteiger partial charge in [-0.25, -0.2) is 0 Å². The summed E-state index contributed by atoms with van der Waals surface area (Å²) in [6.07, 6.45) is 2.28. The molecule has 1 atom stereocenters. The van der Waals surface area contributed by atoms with Crippen LogP contribution in [0.15, 0.2) is 42.5 Å². The number of amides is 1. The second-order valence-electron chi connectivity index (χ2n) is 5.58.